The first-order valence-corrected chi connectivity index (χ1v) is 13.3. The molecule has 0 radical (unpaired) electrons. The summed E-state index contributed by atoms with van der Waals surface area (Å²) in [4.78, 5) is 25.3. The average Bonchev–Trinajstić information content (AvgIpc) is 3.05. The fourth-order valence-electron chi connectivity index (χ4n) is 4.22. The second kappa shape index (κ2) is 9.82. The van der Waals surface area contributed by atoms with E-state index in [1.807, 2.05) is 19.1 Å². The maximum atomic E-state index is 13.8. The highest BCUT2D eigenvalue weighted by atomic mass is 32.2. The van der Waals surface area contributed by atoms with Crippen molar-refractivity contribution < 1.29 is 22.9 Å². The molecular weight excluding hydrogens is 492 g/mol. The Kier molecular flexibility index (Phi) is 6.92. The average molecular weight is 521 g/mol. The van der Waals surface area contributed by atoms with Crippen LogP contribution in [-0.4, -0.2) is 25.9 Å². The lowest BCUT2D eigenvalue weighted by molar-refractivity contribution is -0.384. The van der Waals surface area contributed by atoms with Gasteiger partial charge in [0.2, 0.25) is 9.84 Å². The summed E-state index contributed by atoms with van der Waals surface area (Å²) in [5.41, 5.74) is 1.75. The first kappa shape index (κ1) is 26.1. The van der Waals surface area contributed by atoms with Gasteiger partial charge in [-0.2, -0.15) is 0 Å². The van der Waals surface area contributed by atoms with Crippen molar-refractivity contribution in [1.82, 2.24) is 0 Å². The zero-order chi connectivity index (χ0) is 27.0. The van der Waals surface area contributed by atoms with Crippen LogP contribution in [0, 0.1) is 10.1 Å². The van der Waals surface area contributed by atoms with Gasteiger partial charge in [-0.15, -0.1) is 0 Å². The standard InChI is InChI=1S/C28H28N2O6S/c1-5-36-24-15-13-22(14-16-24)29-26(31)25(17-19-9-11-21(12-10-19)28(2,3)4)37(34,35)27(29)20-7-6-8-23(18-20)30(32)33/h6-18,27H,5H2,1-4H3/b25-17+/t27-/m1/s1. The number of amides is 1. The monoisotopic (exact) mass is 520 g/mol. The molecule has 4 rings (SSSR count). The van der Waals surface area contributed by atoms with Crippen molar-refractivity contribution >= 4 is 33.2 Å². The van der Waals surface area contributed by atoms with Gasteiger partial charge in [-0.25, -0.2) is 8.42 Å². The van der Waals surface area contributed by atoms with Crippen molar-refractivity contribution in [2.45, 2.75) is 38.5 Å². The van der Waals surface area contributed by atoms with Gasteiger partial charge in [0, 0.05) is 17.8 Å². The number of carbonyl (C=O) groups excluding carboxylic acids is 1. The second-order valence-corrected chi connectivity index (χ2v) is 11.7. The van der Waals surface area contributed by atoms with Gasteiger partial charge >= 0.3 is 0 Å². The zero-order valence-electron chi connectivity index (χ0n) is 21.0. The second-order valence-electron chi connectivity index (χ2n) is 9.73. The van der Waals surface area contributed by atoms with Crippen LogP contribution in [0.5, 0.6) is 5.75 Å². The van der Waals surface area contributed by atoms with Crippen LogP contribution in [0.3, 0.4) is 0 Å². The lowest BCUT2D eigenvalue weighted by atomic mass is 9.87. The molecule has 3 aromatic rings. The third-order valence-electron chi connectivity index (χ3n) is 6.13. The Labute approximate surface area is 216 Å². The third kappa shape index (κ3) is 5.13. The van der Waals surface area contributed by atoms with Crippen LogP contribution in [-0.2, 0) is 20.0 Å². The van der Waals surface area contributed by atoms with Crippen molar-refractivity contribution in [3.05, 3.63) is 105 Å². The molecular formula is C28H28N2O6S. The number of hydrogen-bond donors (Lipinski definition) is 0. The molecule has 8 nitrogen and oxygen atoms in total. The molecule has 1 heterocycles. The molecule has 1 fully saturated rings. The summed E-state index contributed by atoms with van der Waals surface area (Å²) in [6.07, 6.45) is 1.36. The molecule has 9 heteroatoms. The van der Waals surface area contributed by atoms with Gasteiger partial charge in [-0.1, -0.05) is 57.2 Å². The number of benzene rings is 3. The van der Waals surface area contributed by atoms with E-state index in [4.69, 9.17) is 4.74 Å². The molecule has 1 aliphatic rings. The minimum Gasteiger partial charge on any atom is -0.494 e. The van der Waals surface area contributed by atoms with Crippen LogP contribution in [0.25, 0.3) is 6.08 Å². The predicted molar refractivity (Wildman–Crippen MR) is 143 cm³/mol. The Bertz CT molecular complexity index is 1470. The number of sulfone groups is 1. The Hall–Kier alpha value is -3.98. The Balaban J connectivity index is 1.86. The smallest absolute Gasteiger partial charge is 0.271 e. The normalized spacial score (nSPS) is 18.3. The lowest BCUT2D eigenvalue weighted by Crippen LogP contribution is -2.29. The van der Waals surface area contributed by atoms with E-state index >= 15 is 0 Å². The summed E-state index contributed by atoms with van der Waals surface area (Å²) >= 11 is 0. The number of nitrogens with zero attached hydrogens (tertiary/aromatic N) is 2. The molecule has 1 amide bonds. The number of anilines is 1. The molecule has 0 spiro atoms. The lowest BCUT2D eigenvalue weighted by Gasteiger charge is -2.23. The summed E-state index contributed by atoms with van der Waals surface area (Å²) in [7, 11) is -4.24. The van der Waals surface area contributed by atoms with E-state index in [1.165, 1.54) is 35.2 Å². The van der Waals surface area contributed by atoms with E-state index < -0.39 is 26.0 Å². The van der Waals surface area contributed by atoms with Gasteiger partial charge < -0.3 is 4.74 Å². The van der Waals surface area contributed by atoms with Crippen LogP contribution in [0.1, 0.15) is 49.8 Å². The number of nitro benzene ring substituents is 1. The molecule has 1 atom stereocenters. The minimum atomic E-state index is -4.24. The van der Waals surface area contributed by atoms with Crippen LogP contribution in [0.2, 0.25) is 0 Å². The highest BCUT2D eigenvalue weighted by Crippen LogP contribution is 2.44. The van der Waals surface area contributed by atoms with E-state index in [-0.39, 0.29) is 21.6 Å². The highest BCUT2D eigenvalue weighted by Gasteiger charge is 2.50. The zero-order valence-corrected chi connectivity index (χ0v) is 21.9. The first-order valence-electron chi connectivity index (χ1n) is 11.8. The van der Waals surface area contributed by atoms with Crippen molar-refractivity contribution in [2.24, 2.45) is 0 Å². The van der Waals surface area contributed by atoms with Crippen molar-refractivity contribution in [3.63, 3.8) is 0 Å². The molecule has 37 heavy (non-hydrogen) atoms. The number of rotatable bonds is 6. The summed E-state index contributed by atoms with van der Waals surface area (Å²) in [6.45, 7) is 8.51. The van der Waals surface area contributed by atoms with Crippen LogP contribution in [0.4, 0.5) is 11.4 Å². The maximum absolute atomic E-state index is 13.8. The number of hydrogen-bond acceptors (Lipinski definition) is 6. The van der Waals surface area contributed by atoms with Crippen molar-refractivity contribution in [3.8, 4) is 5.75 Å². The van der Waals surface area contributed by atoms with Gasteiger partial charge in [0.15, 0.2) is 5.37 Å². The number of carbonyl (C=O) groups is 1. The molecule has 1 saturated heterocycles. The molecule has 0 aromatic heterocycles. The SMILES string of the molecule is CCOc1ccc(N2C(=O)/C(=C\c3ccc(C(C)(C)C)cc3)S(=O)(=O)[C@@H]2c2cccc([N+](=O)[O-])c2)cc1. The summed E-state index contributed by atoms with van der Waals surface area (Å²) < 4.78 is 33.2. The molecule has 0 N–H and O–H groups in total. The number of ether oxygens (including phenoxy) is 1. The fraction of sp³-hybridized carbons (Fsp3) is 0.250. The number of nitro groups is 1. The van der Waals surface area contributed by atoms with Gasteiger partial charge in [0.05, 0.1) is 11.5 Å². The molecule has 0 aliphatic carbocycles. The summed E-state index contributed by atoms with van der Waals surface area (Å²) in [6, 6.07) is 19.2. The predicted octanol–water partition coefficient (Wildman–Crippen LogP) is 5.79. The van der Waals surface area contributed by atoms with Crippen LogP contribution in [0.15, 0.2) is 77.7 Å². The van der Waals surface area contributed by atoms with Crippen LogP contribution < -0.4 is 9.64 Å². The number of non-ortho nitro benzene ring substituents is 1. The van der Waals surface area contributed by atoms with E-state index in [0.29, 0.717) is 23.6 Å². The van der Waals surface area contributed by atoms with Crippen LogP contribution >= 0.6 is 0 Å². The van der Waals surface area contributed by atoms with E-state index in [1.54, 1.807) is 36.4 Å². The van der Waals surface area contributed by atoms with Gasteiger partial charge in [-0.05, 0) is 59.4 Å². The molecule has 0 unspecified atom stereocenters. The van der Waals surface area contributed by atoms with E-state index in [2.05, 4.69) is 20.8 Å². The third-order valence-corrected chi connectivity index (χ3v) is 8.11. The quantitative estimate of drug-likeness (QED) is 0.231. The van der Waals surface area contributed by atoms with Crippen molar-refractivity contribution in [2.75, 3.05) is 11.5 Å². The minimum absolute atomic E-state index is 0.0848. The van der Waals surface area contributed by atoms with E-state index in [9.17, 15) is 23.3 Å². The molecule has 0 bridgehead atoms. The Morgan fingerprint density at radius 2 is 1.68 bits per heavy atom. The Morgan fingerprint density at radius 3 is 2.24 bits per heavy atom. The molecule has 0 saturated carbocycles. The molecule has 1 aliphatic heterocycles. The van der Waals surface area contributed by atoms with Gasteiger partial charge in [0.25, 0.3) is 11.6 Å². The summed E-state index contributed by atoms with van der Waals surface area (Å²) in [5, 5.41) is 9.94. The first-order chi connectivity index (χ1) is 17.4. The topological polar surface area (TPSA) is 107 Å². The molecule has 192 valence electrons. The van der Waals surface area contributed by atoms with Gasteiger partial charge in [0.1, 0.15) is 10.7 Å². The van der Waals surface area contributed by atoms with Crippen molar-refractivity contribution in [1.29, 1.82) is 0 Å². The Morgan fingerprint density at radius 1 is 1.03 bits per heavy atom. The maximum Gasteiger partial charge on any atom is 0.271 e. The van der Waals surface area contributed by atoms with E-state index in [0.717, 1.165) is 5.56 Å². The highest BCUT2D eigenvalue weighted by molar-refractivity contribution is 7.97. The summed E-state index contributed by atoms with van der Waals surface area (Å²) in [5.74, 6) is -0.136. The largest absolute Gasteiger partial charge is 0.494 e. The molecule has 3 aromatic carbocycles. The fourth-order valence-corrected chi connectivity index (χ4v) is 6.11. The van der Waals surface area contributed by atoms with Gasteiger partial charge in [-0.3, -0.25) is 19.8 Å².